The summed E-state index contributed by atoms with van der Waals surface area (Å²) in [5.41, 5.74) is 1.57. The van der Waals surface area contributed by atoms with Gasteiger partial charge < -0.3 is 10.6 Å². The first-order valence-electron chi connectivity index (χ1n) is 8.99. The van der Waals surface area contributed by atoms with Crippen LogP contribution in [0.3, 0.4) is 0 Å². The second-order valence-corrected chi connectivity index (χ2v) is 9.00. The Morgan fingerprint density at radius 2 is 1.92 bits per heavy atom. The van der Waals surface area contributed by atoms with Crippen LogP contribution in [0.1, 0.15) is 37.7 Å². The van der Waals surface area contributed by atoms with Crippen molar-refractivity contribution in [3.63, 3.8) is 0 Å². The number of carbonyl (C=O) groups excluding carboxylic acids is 2. The van der Waals surface area contributed by atoms with E-state index in [4.69, 9.17) is 0 Å². The SMILES string of the molecule is CS(=O)(=O)N1CCCCC1C(=O)NCc1cccc(NC(=O)C2CC2)c1. The lowest BCUT2D eigenvalue weighted by Crippen LogP contribution is -2.51. The lowest BCUT2D eigenvalue weighted by molar-refractivity contribution is -0.125. The summed E-state index contributed by atoms with van der Waals surface area (Å²) in [5.74, 6) is -0.105. The third-order valence-corrected chi connectivity index (χ3v) is 6.08. The number of hydrogen-bond acceptors (Lipinski definition) is 4. The van der Waals surface area contributed by atoms with Gasteiger partial charge in [0.2, 0.25) is 21.8 Å². The Kier molecular flexibility index (Phi) is 5.62. The van der Waals surface area contributed by atoms with Crippen molar-refractivity contribution in [1.82, 2.24) is 9.62 Å². The van der Waals surface area contributed by atoms with Gasteiger partial charge in [0.15, 0.2) is 0 Å². The molecule has 8 heteroatoms. The van der Waals surface area contributed by atoms with Crippen molar-refractivity contribution in [3.05, 3.63) is 29.8 Å². The second-order valence-electron chi connectivity index (χ2n) is 7.07. The molecule has 142 valence electrons. The van der Waals surface area contributed by atoms with Gasteiger partial charge in [-0.15, -0.1) is 0 Å². The molecule has 1 unspecified atom stereocenters. The predicted octanol–water partition coefficient (Wildman–Crippen LogP) is 1.47. The Labute approximate surface area is 154 Å². The summed E-state index contributed by atoms with van der Waals surface area (Å²) in [5, 5.41) is 5.71. The first-order valence-corrected chi connectivity index (χ1v) is 10.8. The third kappa shape index (κ3) is 4.82. The normalized spacial score (nSPS) is 21.2. The maximum atomic E-state index is 12.5. The number of nitrogens with one attached hydrogen (secondary N) is 2. The molecule has 2 aliphatic rings. The van der Waals surface area contributed by atoms with Gasteiger partial charge in [0.05, 0.1) is 6.26 Å². The summed E-state index contributed by atoms with van der Waals surface area (Å²) in [6.07, 6.45) is 5.19. The van der Waals surface area contributed by atoms with E-state index in [-0.39, 0.29) is 17.7 Å². The number of benzene rings is 1. The van der Waals surface area contributed by atoms with E-state index in [1.165, 1.54) is 4.31 Å². The van der Waals surface area contributed by atoms with Crippen molar-refractivity contribution in [2.75, 3.05) is 18.1 Å². The van der Waals surface area contributed by atoms with Crippen LogP contribution in [-0.4, -0.2) is 43.4 Å². The van der Waals surface area contributed by atoms with Crippen molar-refractivity contribution < 1.29 is 18.0 Å². The number of nitrogens with zero attached hydrogens (tertiary/aromatic N) is 1. The molecule has 0 aromatic heterocycles. The number of anilines is 1. The summed E-state index contributed by atoms with van der Waals surface area (Å²) < 4.78 is 25.1. The van der Waals surface area contributed by atoms with E-state index < -0.39 is 16.1 Å². The first-order chi connectivity index (χ1) is 12.3. The minimum Gasteiger partial charge on any atom is -0.351 e. The molecule has 0 spiro atoms. The van der Waals surface area contributed by atoms with Gasteiger partial charge in [-0.05, 0) is 43.4 Å². The fraction of sp³-hybridized carbons (Fsp3) is 0.556. The van der Waals surface area contributed by atoms with E-state index in [0.29, 0.717) is 25.2 Å². The number of rotatable bonds is 6. The molecule has 2 fully saturated rings. The zero-order chi connectivity index (χ0) is 18.7. The largest absolute Gasteiger partial charge is 0.351 e. The summed E-state index contributed by atoms with van der Waals surface area (Å²) >= 11 is 0. The molecule has 0 bridgehead atoms. The maximum Gasteiger partial charge on any atom is 0.238 e. The molecule has 7 nitrogen and oxygen atoms in total. The third-order valence-electron chi connectivity index (χ3n) is 4.79. The number of hydrogen-bond donors (Lipinski definition) is 2. The van der Waals surface area contributed by atoms with Gasteiger partial charge in [0.25, 0.3) is 0 Å². The van der Waals surface area contributed by atoms with E-state index in [9.17, 15) is 18.0 Å². The molecule has 2 amide bonds. The van der Waals surface area contributed by atoms with Crippen LogP contribution in [0.25, 0.3) is 0 Å². The number of piperidine rings is 1. The number of carbonyl (C=O) groups is 2. The number of sulfonamides is 1. The lowest BCUT2D eigenvalue weighted by Gasteiger charge is -2.32. The van der Waals surface area contributed by atoms with Crippen LogP contribution in [0.4, 0.5) is 5.69 Å². The Bertz CT molecular complexity index is 789. The highest BCUT2D eigenvalue weighted by atomic mass is 32.2. The van der Waals surface area contributed by atoms with Crippen LogP contribution < -0.4 is 10.6 Å². The predicted molar refractivity (Wildman–Crippen MR) is 98.8 cm³/mol. The molecule has 0 radical (unpaired) electrons. The molecule has 3 rings (SSSR count). The molecular formula is C18H25N3O4S. The molecular weight excluding hydrogens is 354 g/mol. The smallest absolute Gasteiger partial charge is 0.238 e. The van der Waals surface area contributed by atoms with Crippen LogP contribution in [0.5, 0.6) is 0 Å². The van der Waals surface area contributed by atoms with Gasteiger partial charge in [0.1, 0.15) is 6.04 Å². The minimum absolute atomic E-state index is 0.0391. The summed E-state index contributed by atoms with van der Waals surface area (Å²) in [6.45, 7) is 0.680. The minimum atomic E-state index is -3.40. The molecule has 1 heterocycles. The topological polar surface area (TPSA) is 95.6 Å². The van der Waals surface area contributed by atoms with Crippen molar-refractivity contribution in [2.24, 2.45) is 5.92 Å². The zero-order valence-corrected chi connectivity index (χ0v) is 15.7. The van der Waals surface area contributed by atoms with Gasteiger partial charge in [-0.1, -0.05) is 18.6 Å². The van der Waals surface area contributed by atoms with E-state index in [0.717, 1.165) is 37.5 Å². The van der Waals surface area contributed by atoms with Crippen LogP contribution in [0, 0.1) is 5.92 Å². The van der Waals surface area contributed by atoms with Gasteiger partial charge >= 0.3 is 0 Å². The van der Waals surface area contributed by atoms with Gasteiger partial charge in [0, 0.05) is 24.7 Å². The zero-order valence-electron chi connectivity index (χ0n) is 14.9. The number of amides is 2. The summed E-state index contributed by atoms with van der Waals surface area (Å²) in [6, 6.07) is 6.69. The fourth-order valence-corrected chi connectivity index (χ4v) is 4.34. The second kappa shape index (κ2) is 7.75. The molecule has 1 saturated heterocycles. The van der Waals surface area contributed by atoms with Gasteiger partial charge in [-0.2, -0.15) is 4.31 Å². The van der Waals surface area contributed by atoms with Gasteiger partial charge in [-0.3, -0.25) is 9.59 Å². The standard InChI is InChI=1S/C18H25N3O4S/c1-26(24,25)21-10-3-2-7-16(21)18(23)19-12-13-5-4-6-15(11-13)20-17(22)14-8-9-14/h4-6,11,14,16H,2-3,7-10,12H2,1H3,(H,19,23)(H,20,22). The van der Waals surface area contributed by atoms with Gasteiger partial charge in [-0.25, -0.2) is 8.42 Å². The molecule has 1 aliphatic heterocycles. The van der Waals surface area contributed by atoms with Crippen molar-refractivity contribution in [3.8, 4) is 0 Å². The summed E-state index contributed by atoms with van der Waals surface area (Å²) in [7, 11) is -3.40. The molecule has 1 aromatic carbocycles. The highest BCUT2D eigenvalue weighted by Crippen LogP contribution is 2.30. The quantitative estimate of drug-likeness (QED) is 0.782. The molecule has 1 saturated carbocycles. The molecule has 26 heavy (non-hydrogen) atoms. The Balaban J connectivity index is 1.59. The maximum absolute atomic E-state index is 12.5. The molecule has 2 N–H and O–H groups in total. The van der Waals surface area contributed by atoms with Crippen molar-refractivity contribution >= 4 is 27.5 Å². The molecule has 1 aliphatic carbocycles. The van der Waals surface area contributed by atoms with Crippen LogP contribution in [0.2, 0.25) is 0 Å². The van der Waals surface area contributed by atoms with Crippen molar-refractivity contribution in [1.29, 1.82) is 0 Å². The Hall–Kier alpha value is -1.93. The fourth-order valence-electron chi connectivity index (χ4n) is 3.22. The first kappa shape index (κ1) is 18.8. The highest BCUT2D eigenvalue weighted by molar-refractivity contribution is 7.88. The monoisotopic (exact) mass is 379 g/mol. The highest BCUT2D eigenvalue weighted by Gasteiger charge is 2.34. The van der Waals surface area contributed by atoms with E-state index in [1.807, 2.05) is 24.3 Å². The van der Waals surface area contributed by atoms with E-state index in [1.54, 1.807) is 0 Å². The van der Waals surface area contributed by atoms with E-state index in [2.05, 4.69) is 10.6 Å². The Morgan fingerprint density at radius 3 is 2.62 bits per heavy atom. The molecule has 1 aromatic rings. The van der Waals surface area contributed by atoms with Crippen LogP contribution in [0.15, 0.2) is 24.3 Å². The lowest BCUT2D eigenvalue weighted by atomic mass is 10.0. The van der Waals surface area contributed by atoms with Crippen molar-refractivity contribution in [2.45, 2.75) is 44.7 Å². The Morgan fingerprint density at radius 1 is 1.15 bits per heavy atom. The summed E-state index contributed by atoms with van der Waals surface area (Å²) in [4.78, 5) is 24.3. The van der Waals surface area contributed by atoms with E-state index >= 15 is 0 Å². The molecule has 1 atom stereocenters. The average Bonchev–Trinajstić information content (AvgIpc) is 3.44. The van der Waals surface area contributed by atoms with Crippen LogP contribution >= 0.6 is 0 Å². The average molecular weight is 379 g/mol. The van der Waals surface area contributed by atoms with Crippen LogP contribution in [-0.2, 0) is 26.2 Å².